The van der Waals surface area contributed by atoms with Crippen LogP contribution in [0.3, 0.4) is 0 Å². The molecule has 0 aliphatic carbocycles. The molecular formula is C9H7Cl2N3O. The van der Waals surface area contributed by atoms with E-state index in [0.717, 1.165) is 5.69 Å². The summed E-state index contributed by atoms with van der Waals surface area (Å²) < 4.78 is 1.58. The molecule has 0 saturated heterocycles. The van der Waals surface area contributed by atoms with Gasteiger partial charge in [-0.15, -0.1) is 5.10 Å². The molecule has 1 N–H and O–H groups in total. The second-order valence-corrected chi connectivity index (χ2v) is 3.84. The summed E-state index contributed by atoms with van der Waals surface area (Å²) >= 11 is 11.8. The number of rotatable bonds is 1. The minimum absolute atomic E-state index is 0.0412. The number of benzene rings is 1. The third-order valence-corrected chi connectivity index (χ3v) is 2.64. The molecule has 15 heavy (non-hydrogen) atoms. The van der Waals surface area contributed by atoms with Gasteiger partial charge in [-0.05, 0) is 6.07 Å². The predicted molar refractivity (Wildman–Crippen MR) is 58.1 cm³/mol. The first kappa shape index (κ1) is 10.3. The van der Waals surface area contributed by atoms with Gasteiger partial charge in [0.05, 0.1) is 21.9 Å². The summed E-state index contributed by atoms with van der Waals surface area (Å²) in [5, 5.41) is 17.5. The molecule has 1 aromatic carbocycles. The van der Waals surface area contributed by atoms with Gasteiger partial charge in [0.1, 0.15) is 5.75 Å². The van der Waals surface area contributed by atoms with Crippen molar-refractivity contribution in [2.45, 2.75) is 0 Å². The van der Waals surface area contributed by atoms with Gasteiger partial charge in [-0.25, -0.2) is 4.68 Å². The van der Waals surface area contributed by atoms with Crippen molar-refractivity contribution in [3.63, 3.8) is 0 Å². The lowest BCUT2D eigenvalue weighted by Gasteiger charge is -2.05. The monoisotopic (exact) mass is 243 g/mol. The zero-order chi connectivity index (χ0) is 11.0. The van der Waals surface area contributed by atoms with Crippen molar-refractivity contribution in [1.82, 2.24) is 15.0 Å². The summed E-state index contributed by atoms with van der Waals surface area (Å²) in [7, 11) is 1.75. The van der Waals surface area contributed by atoms with Gasteiger partial charge in [0, 0.05) is 18.7 Å². The van der Waals surface area contributed by atoms with Crippen LogP contribution in [0.25, 0.3) is 11.3 Å². The Morgan fingerprint density at radius 2 is 2.00 bits per heavy atom. The van der Waals surface area contributed by atoms with Crippen molar-refractivity contribution in [3.05, 3.63) is 28.4 Å². The largest absolute Gasteiger partial charge is 0.506 e. The van der Waals surface area contributed by atoms with Crippen molar-refractivity contribution in [3.8, 4) is 17.0 Å². The number of aromatic nitrogens is 3. The summed E-state index contributed by atoms with van der Waals surface area (Å²) in [6.07, 6.45) is 1.58. The van der Waals surface area contributed by atoms with Gasteiger partial charge in [-0.3, -0.25) is 0 Å². The number of hydrogen-bond acceptors (Lipinski definition) is 3. The molecule has 0 aliphatic rings. The van der Waals surface area contributed by atoms with Gasteiger partial charge >= 0.3 is 0 Å². The minimum atomic E-state index is -0.0412. The Balaban J connectivity index is 2.64. The zero-order valence-electron chi connectivity index (χ0n) is 7.78. The maximum absolute atomic E-state index is 9.34. The average molecular weight is 244 g/mol. The Morgan fingerprint density at radius 1 is 1.27 bits per heavy atom. The summed E-state index contributed by atoms with van der Waals surface area (Å²) in [4.78, 5) is 0. The van der Waals surface area contributed by atoms with E-state index in [4.69, 9.17) is 23.2 Å². The number of aryl methyl sites for hydroxylation is 1. The van der Waals surface area contributed by atoms with Gasteiger partial charge in [-0.1, -0.05) is 28.4 Å². The normalized spacial score (nSPS) is 10.6. The molecule has 2 rings (SSSR count). The number of phenols is 1. The summed E-state index contributed by atoms with van der Waals surface area (Å²) in [6, 6.07) is 2.98. The molecular weight excluding hydrogens is 237 g/mol. The van der Waals surface area contributed by atoms with E-state index in [2.05, 4.69) is 10.3 Å². The molecule has 0 radical (unpaired) electrons. The Bertz CT molecular complexity index is 510. The first-order valence-electron chi connectivity index (χ1n) is 4.12. The number of phenolic OH excluding ortho intramolecular Hbond substituents is 1. The van der Waals surface area contributed by atoms with Crippen LogP contribution in [0.15, 0.2) is 18.3 Å². The highest BCUT2D eigenvalue weighted by molar-refractivity contribution is 6.36. The Kier molecular flexibility index (Phi) is 2.54. The van der Waals surface area contributed by atoms with Crippen molar-refractivity contribution in [2.75, 3.05) is 0 Å². The van der Waals surface area contributed by atoms with E-state index in [1.165, 1.54) is 6.07 Å². The van der Waals surface area contributed by atoms with Gasteiger partial charge in [0.2, 0.25) is 0 Å². The fourth-order valence-corrected chi connectivity index (χ4v) is 1.68. The summed E-state index contributed by atoms with van der Waals surface area (Å²) in [5.41, 5.74) is 1.42. The fraction of sp³-hybridized carbons (Fsp3) is 0.111. The molecule has 4 nitrogen and oxygen atoms in total. The van der Waals surface area contributed by atoms with Crippen LogP contribution in [-0.2, 0) is 7.05 Å². The molecule has 1 aromatic heterocycles. The van der Waals surface area contributed by atoms with Crippen LogP contribution in [0.2, 0.25) is 10.0 Å². The number of hydrogen-bond donors (Lipinski definition) is 1. The molecule has 6 heteroatoms. The van der Waals surface area contributed by atoms with Crippen LogP contribution in [0.4, 0.5) is 0 Å². The van der Waals surface area contributed by atoms with Gasteiger partial charge in [-0.2, -0.15) is 0 Å². The maximum Gasteiger partial charge on any atom is 0.135 e. The van der Waals surface area contributed by atoms with Crippen LogP contribution in [0, 0.1) is 0 Å². The van der Waals surface area contributed by atoms with E-state index < -0.39 is 0 Å². The van der Waals surface area contributed by atoms with Crippen LogP contribution in [-0.4, -0.2) is 20.1 Å². The molecule has 0 bridgehead atoms. The first-order valence-corrected chi connectivity index (χ1v) is 4.88. The highest BCUT2D eigenvalue weighted by Crippen LogP contribution is 2.35. The van der Waals surface area contributed by atoms with Crippen LogP contribution < -0.4 is 0 Å². The summed E-state index contributed by atoms with van der Waals surface area (Å²) in [6.45, 7) is 0. The topological polar surface area (TPSA) is 50.9 Å². The quantitative estimate of drug-likeness (QED) is 0.838. The molecule has 2 aromatic rings. The van der Waals surface area contributed by atoms with Gasteiger partial charge < -0.3 is 5.11 Å². The molecule has 0 atom stereocenters. The van der Waals surface area contributed by atoms with E-state index in [9.17, 15) is 5.11 Å². The highest BCUT2D eigenvalue weighted by atomic mass is 35.5. The molecule has 0 amide bonds. The lowest BCUT2D eigenvalue weighted by atomic mass is 10.1. The lowest BCUT2D eigenvalue weighted by molar-refractivity contribution is 0.475. The van der Waals surface area contributed by atoms with Crippen molar-refractivity contribution in [2.24, 2.45) is 7.05 Å². The molecule has 0 saturated carbocycles. The van der Waals surface area contributed by atoms with Crippen LogP contribution >= 0.6 is 23.2 Å². The summed E-state index contributed by atoms with van der Waals surface area (Å²) in [5.74, 6) is -0.0412. The molecule has 0 aliphatic heterocycles. The smallest absolute Gasteiger partial charge is 0.135 e. The second kappa shape index (κ2) is 3.72. The molecule has 1 heterocycles. The SMILES string of the molecule is Cn1nncc1-c1cc(Cl)c(O)cc1Cl. The fourth-order valence-electron chi connectivity index (χ4n) is 1.27. The molecule has 0 unspecified atom stereocenters. The van der Waals surface area contributed by atoms with E-state index in [-0.39, 0.29) is 10.8 Å². The lowest BCUT2D eigenvalue weighted by Crippen LogP contribution is -1.94. The van der Waals surface area contributed by atoms with Gasteiger partial charge in [0.25, 0.3) is 0 Å². The van der Waals surface area contributed by atoms with Crippen molar-refractivity contribution < 1.29 is 5.11 Å². The van der Waals surface area contributed by atoms with Gasteiger partial charge in [0.15, 0.2) is 0 Å². The van der Waals surface area contributed by atoms with Crippen LogP contribution in [0.5, 0.6) is 5.75 Å². The van der Waals surface area contributed by atoms with E-state index in [1.807, 2.05) is 0 Å². The van der Waals surface area contributed by atoms with Crippen molar-refractivity contribution >= 4 is 23.2 Å². The Labute approximate surface area is 96.0 Å². The van der Waals surface area contributed by atoms with E-state index in [0.29, 0.717) is 10.6 Å². The van der Waals surface area contributed by atoms with Crippen LogP contribution in [0.1, 0.15) is 0 Å². The highest BCUT2D eigenvalue weighted by Gasteiger charge is 2.11. The number of nitrogens with zero attached hydrogens (tertiary/aromatic N) is 3. The zero-order valence-corrected chi connectivity index (χ0v) is 9.29. The maximum atomic E-state index is 9.34. The number of aromatic hydroxyl groups is 1. The molecule has 78 valence electrons. The predicted octanol–water partition coefficient (Wildman–Crippen LogP) is 2.49. The Morgan fingerprint density at radius 3 is 2.60 bits per heavy atom. The first-order chi connectivity index (χ1) is 7.09. The minimum Gasteiger partial charge on any atom is -0.506 e. The third kappa shape index (κ3) is 1.78. The number of halogens is 2. The average Bonchev–Trinajstić information content (AvgIpc) is 2.58. The van der Waals surface area contributed by atoms with E-state index >= 15 is 0 Å². The molecule has 0 spiro atoms. The standard InChI is InChI=1S/C9H7Cl2N3O/c1-14-8(4-12-13-14)5-2-7(11)9(15)3-6(5)10/h2-4,15H,1H3. The molecule has 0 fully saturated rings. The third-order valence-electron chi connectivity index (χ3n) is 2.03. The van der Waals surface area contributed by atoms with E-state index in [1.54, 1.807) is 24.0 Å². The van der Waals surface area contributed by atoms with Crippen molar-refractivity contribution in [1.29, 1.82) is 0 Å². The second-order valence-electron chi connectivity index (χ2n) is 3.03. The Hall–Kier alpha value is -1.26.